The van der Waals surface area contributed by atoms with Crippen LogP contribution in [0.15, 0.2) is 12.1 Å². The van der Waals surface area contributed by atoms with Crippen molar-refractivity contribution in [2.75, 3.05) is 25.6 Å². The van der Waals surface area contributed by atoms with E-state index in [1.807, 2.05) is 0 Å². The standard InChI is InChI=1S/C9H11N3O5/c1-17-5-4-10-8-7(12(15)16)3-2-6(11-8)9(13)14/h2-3H,4-5H2,1H3,(H,10,11)(H,13,14). The van der Waals surface area contributed by atoms with Gasteiger partial charge in [-0.1, -0.05) is 0 Å². The first kappa shape index (κ1) is 12.8. The number of carboxylic acid groups (broad SMARTS) is 1. The minimum atomic E-state index is -1.24. The van der Waals surface area contributed by atoms with Crippen molar-refractivity contribution in [2.24, 2.45) is 0 Å². The highest BCUT2D eigenvalue weighted by molar-refractivity contribution is 5.86. The maximum absolute atomic E-state index is 10.7. The van der Waals surface area contributed by atoms with Gasteiger partial charge in [-0.2, -0.15) is 0 Å². The fourth-order valence-corrected chi connectivity index (χ4v) is 1.12. The van der Waals surface area contributed by atoms with Crippen molar-refractivity contribution >= 4 is 17.5 Å². The van der Waals surface area contributed by atoms with E-state index in [1.54, 1.807) is 0 Å². The third-order valence-corrected chi connectivity index (χ3v) is 1.89. The zero-order chi connectivity index (χ0) is 12.8. The quantitative estimate of drug-likeness (QED) is 0.429. The highest BCUT2D eigenvalue weighted by Crippen LogP contribution is 2.21. The first-order valence-electron chi connectivity index (χ1n) is 4.67. The normalized spacial score (nSPS) is 9.94. The highest BCUT2D eigenvalue weighted by Gasteiger charge is 2.17. The van der Waals surface area contributed by atoms with E-state index in [1.165, 1.54) is 7.11 Å². The lowest BCUT2D eigenvalue weighted by Gasteiger charge is -2.06. The summed E-state index contributed by atoms with van der Waals surface area (Å²) < 4.78 is 4.77. The molecule has 0 saturated carbocycles. The van der Waals surface area contributed by atoms with E-state index >= 15 is 0 Å². The molecule has 0 fully saturated rings. The molecule has 8 heteroatoms. The molecule has 2 N–H and O–H groups in total. The molecule has 17 heavy (non-hydrogen) atoms. The number of nitrogens with one attached hydrogen (secondary N) is 1. The number of rotatable bonds is 6. The lowest BCUT2D eigenvalue weighted by Crippen LogP contribution is -2.12. The van der Waals surface area contributed by atoms with Gasteiger partial charge in [0.2, 0.25) is 5.82 Å². The van der Waals surface area contributed by atoms with Crippen LogP contribution in [0.1, 0.15) is 10.5 Å². The summed E-state index contributed by atoms with van der Waals surface area (Å²) in [5.74, 6) is -1.32. The van der Waals surface area contributed by atoms with E-state index in [0.29, 0.717) is 13.2 Å². The SMILES string of the molecule is COCCNc1nc(C(=O)O)ccc1[N+](=O)[O-]. The Morgan fingerprint density at radius 1 is 1.65 bits per heavy atom. The molecule has 0 atom stereocenters. The number of hydrogen-bond acceptors (Lipinski definition) is 6. The first-order chi connectivity index (χ1) is 8.06. The van der Waals surface area contributed by atoms with E-state index in [9.17, 15) is 14.9 Å². The van der Waals surface area contributed by atoms with Crippen molar-refractivity contribution in [1.82, 2.24) is 4.98 Å². The Bertz CT molecular complexity index is 435. The molecule has 0 saturated heterocycles. The number of methoxy groups -OCH3 is 1. The van der Waals surface area contributed by atoms with Gasteiger partial charge in [-0.15, -0.1) is 0 Å². The maximum Gasteiger partial charge on any atom is 0.354 e. The molecule has 0 bridgehead atoms. The molecule has 8 nitrogen and oxygen atoms in total. The van der Waals surface area contributed by atoms with E-state index in [-0.39, 0.29) is 17.2 Å². The van der Waals surface area contributed by atoms with Crippen LogP contribution >= 0.6 is 0 Å². The van der Waals surface area contributed by atoms with Crippen LogP contribution < -0.4 is 5.32 Å². The molecule has 0 spiro atoms. The van der Waals surface area contributed by atoms with E-state index < -0.39 is 10.9 Å². The third-order valence-electron chi connectivity index (χ3n) is 1.89. The van der Waals surface area contributed by atoms with Gasteiger partial charge in [-0.3, -0.25) is 10.1 Å². The summed E-state index contributed by atoms with van der Waals surface area (Å²) in [6, 6.07) is 2.19. The number of carbonyl (C=O) groups is 1. The predicted molar refractivity (Wildman–Crippen MR) is 58.2 cm³/mol. The van der Waals surface area contributed by atoms with Crippen molar-refractivity contribution in [2.45, 2.75) is 0 Å². The van der Waals surface area contributed by atoms with Crippen molar-refractivity contribution < 1.29 is 19.6 Å². The van der Waals surface area contributed by atoms with Crippen LogP contribution in [0.3, 0.4) is 0 Å². The molecule has 0 aromatic carbocycles. The smallest absolute Gasteiger partial charge is 0.354 e. The molecule has 0 unspecified atom stereocenters. The zero-order valence-electron chi connectivity index (χ0n) is 9.04. The number of hydrogen-bond donors (Lipinski definition) is 2. The van der Waals surface area contributed by atoms with Gasteiger partial charge in [0.1, 0.15) is 0 Å². The van der Waals surface area contributed by atoms with Gasteiger partial charge >= 0.3 is 11.7 Å². The van der Waals surface area contributed by atoms with Crippen LogP contribution in [-0.2, 0) is 4.74 Å². The van der Waals surface area contributed by atoms with E-state index in [4.69, 9.17) is 9.84 Å². The number of ether oxygens (including phenoxy) is 1. The Hall–Kier alpha value is -2.22. The number of nitro groups is 1. The Labute approximate surface area is 96.4 Å². The summed E-state index contributed by atoms with van der Waals surface area (Å²) in [6.07, 6.45) is 0. The monoisotopic (exact) mass is 241 g/mol. The van der Waals surface area contributed by atoms with E-state index in [2.05, 4.69) is 10.3 Å². The van der Waals surface area contributed by atoms with Crippen LogP contribution in [0.25, 0.3) is 0 Å². The lowest BCUT2D eigenvalue weighted by molar-refractivity contribution is -0.384. The molecule has 0 radical (unpaired) electrons. The van der Waals surface area contributed by atoms with Crippen LogP contribution in [-0.4, -0.2) is 41.2 Å². The number of anilines is 1. The average Bonchev–Trinajstić information content (AvgIpc) is 2.28. The number of aromatic nitrogens is 1. The molecule has 0 aliphatic rings. The molecule has 1 aromatic heterocycles. The largest absolute Gasteiger partial charge is 0.477 e. The second-order valence-corrected chi connectivity index (χ2v) is 3.05. The fraction of sp³-hybridized carbons (Fsp3) is 0.333. The minimum Gasteiger partial charge on any atom is -0.477 e. The number of nitrogens with zero attached hydrogens (tertiary/aromatic N) is 2. The molecule has 92 valence electrons. The molecule has 1 heterocycles. The third kappa shape index (κ3) is 3.38. The summed E-state index contributed by atoms with van der Waals surface area (Å²) >= 11 is 0. The Morgan fingerprint density at radius 2 is 2.35 bits per heavy atom. The zero-order valence-corrected chi connectivity index (χ0v) is 9.04. The lowest BCUT2D eigenvalue weighted by atomic mass is 10.3. The molecule has 1 rings (SSSR count). The minimum absolute atomic E-state index is 0.0769. The molecular weight excluding hydrogens is 230 g/mol. The van der Waals surface area contributed by atoms with Crippen molar-refractivity contribution in [3.63, 3.8) is 0 Å². The van der Waals surface area contributed by atoms with Crippen molar-refractivity contribution in [3.05, 3.63) is 27.9 Å². The molecule has 0 aliphatic carbocycles. The second-order valence-electron chi connectivity index (χ2n) is 3.05. The van der Waals surface area contributed by atoms with Gasteiger partial charge in [0.15, 0.2) is 5.69 Å². The van der Waals surface area contributed by atoms with Crippen LogP contribution in [0.2, 0.25) is 0 Å². The van der Waals surface area contributed by atoms with E-state index in [0.717, 1.165) is 12.1 Å². The Morgan fingerprint density at radius 3 is 2.88 bits per heavy atom. The Kier molecular flexibility index (Phi) is 4.35. The number of pyridine rings is 1. The number of carboxylic acids is 1. The highest BCUT2D eigenvalue weighted by atomic mass is 16.6. The summed E-state index contributed by atoms with van der Waals surface area (Å²) in [4.78, 5) is 24.4. The number of aromatic carboxylic acids is 1. The van der Waals surface area contributed by atoms with Gasteiger partial charge in [-0.05, 0) is 6.07 Å². The van der Waals surface area contributed by atoms with Gasteiger partial charge in [0.05, 0.1) is 11.5 Å². The summed E-state index contributed by atoms with van der Waals surface area (Å²) in [5.41, 5.74) is -0.526. The summed E-state index contributed by atoms with van der Waals surface area (Å²) in [5, 5.41) is 22.1. The van der Waals surface area contributed by atoms with Crippen LogP contribution in [0, 0.1) is 10.1 Å². The molecular formula is C9H11N3O5. The Balaban J connectivity index is 2.98. The van der Waals surface area contributed by atoms with Crippen LogP contribution in [0.4, 0.5) is 11.5 Å². The van der Waals surface area contributed by atoms with Crippen molar-refractivity contribution in [3.8, 4) is 0 Å². The van der Waals surface area contributed by atoms with Gasteiger partial charge in [0.25, 0.3) is 0 Å². The van der Waals surface area contributed by atoms with Crippen molar-refractivity contribution in [1.29, 1.82) is 0 Å². The summed E-state index contributed by atoms with van der Waals surface area (Å²) in [6.45, 7) is 0.629. The predicted octanol–water partition coefficient (Wildman–Crippen LogP) is 0.746. The first-order valence-corrected chi connectivity index (χ1v) is 4.67. The second kappa shape index (κ2) is 5.75. The topological polar surface area (TPSA) is 115 Å². The fourth-order valence-electron chi connectivity index (χ4n) is 1.12. The maximum atomic E-state index is 10.7. The van der Waals surface area contributed by atoms with Crippen LogP contribution in [0.5, 0.6) is 0 Å². The molecule has 1 aromatic rings. The van der Waals surface area contributed by atoms with Gasteiger partial charge in [-0.25, -0.2) is 9.78 Å². The average molecular weight is 241 g/mol. The van der Waals surface area contributed by atoms with Gasteiger partial charge in [0, 0.05) is 19.7 Å². The molecule has 0 aliphatic heterocycles. The van der Waals surface area contributed by atoms with Gasteiger partial charge < -0.3 is 15.2 Å². The molecule has 0 amide bonds. The summed E-state index contributed by atoms with van der Waals surface area (Å²) in [7, 11) is 1.48.